The summed E-state index contributed by atoms with van der Waals surface area (Å²) in [6.45, 7) is 4.70. The van der Waals surface area contributed by atoms with Gasteiger partial charge in [-0.25, -0.2) is 0 Å². The minimum atomic E-state index is -0.786. The van der Waals surface area contributed by atoms with Gasteiger partial charge in [0.2, 0.25) is 0 Å². The van der Waals surface area contributed by atoms with Crippen LogP contribution < -0.4 is 4.74 Å². The second kappa shape index (κ2) is 10.4. The van der Waals surface area contributed by atoms with Crippen molar-refractivity contribution in [1.29, 1.82) is 0 Å². The predicted octanol–water partition coefficient (Wildman–Crippen LogP) is 11.8. The zero-order valence-corrected chi connectivity index (χ0v) is 26.6. The van der Waals surface area contributed by atoms with Gasteiger partial charge in [0.25, 0.3) is 0 Å². The maximum absolute atomic E-state index is 7.46. The van der Waals surface area contributed by atoms with E-state index in [4.69, 9.17) is 4.74 Å². The molecule has 47 heavy (non-hydrogen) atoms. The van der Waals surface area contributed by atoms with Crippen molar-refractivity contribution in [2.75, 3.05) is 0 Å². The van der Waals surface area contributed by atoms with Crippen LogP contribution in [0.4, 0.5) is 0 Å². The minimum absolute atomic E-state index is 0.156. The van der Waals surface area contributed by atoms with Gasteiger partial charge in [-0.2, -0.15) is 0 Å². The van der Waals surface area contributed by atoms with Gasteiger partial charge in [-0.05, 0) is 62.0 Å². The first-order chi connectivity index (χ1) is 23.0. The Morgan fingerprint density at radius 2 is 1.06 bits per heavy atom. The largest absolute Gasteiger partial charge is 0.472 e. The van der Waals surface area contributed by atoms with Crippen molar-refractivity contribution >= 4 is 16.8 Å². The molecule has 0 bridgehead atoms. The van der Waals surface area contributed by atoms with Crippen LogP contribution in [0.2, 0.25) is 0 Å². The van der Waals surface area contributed by atoms with E-state index in [1.807, 2.05) is 0 Å². The predicted molar refractivity (Wildman–Crippen MR) is 196 cm³/mol. The van der Waals surface area contributed by atoms with Crippen LogP contribution in [-0.4, -0.2) is 0 Å². The Balaban J connectivity index is 1.21. The molecule has 0 N–H and O–H groups in total. The Bertz CT molecular complexity index is 2330. The third kappa shape index (κ3) is 4.16. The lowest BCUT2D eigenvalue weighted by atomic mass is 9.76. The highest BCUT2D eigenvalue weighted by Gasteiger charge is 2.44. The van der Waals surface area contributed by atoms with E-state index in [1.54, 1.807) is 0 Å². The maximum Gasteiger partial charge on any atom is 0.178 e. The smallest absolute Gasteiger partial charge is 0.178 e. The van der Waals surface area contributed by atoms with Gasteiger partial charge in [0, 0.05) is 27.5 Å². The molecule has 1 atom stereocenters. The normalized spacial score (nSPS) is 17.1. The van der Waals surface area contributed by atoms with Crippen molar-refractivity contribution in [3.05, 3.63) is 192 Å². The summed E-state index contributed by atoms with van der Waals surface area (Å²) in [6.07, 6.45) is 4.62. The van der Waals surface area contributed by atoms with Gasteiger partial charge in [0.15, 0.2) is 5.60 Å². The van der Waals surface area contributed by atoms with Crippen LogP contribution in [0.15, 0.2) is 164 Å². The highest BCUT2D eigenvalue weighted by Crippen LogP contribution is 2.58. The average molecular weight is 603 g/mol. The van der Waals surface area contributed by atoms with Crippen molar-refractivity contribution in [1.82, 2.24) is 0 Å². The first-order valence-electron chi connectivity index (χ1n) is 16.4. The van der Waals surface area contributed by atoms with Gasteiger partial charge >= 0.3 is 0 Å². The fourth-order valence-corrected chi connectivity index (χ4v) is 7.98. The third-order valence-corrected chi connectivity index (χ3v) is 10.3. The molecule has 224 valence electrons. The first kappa shape index (κ1) is 27.6. The molecule has 1 nitrogen and oxygen atoms in total. The molecule has 1 unspecified atom stereocenters. The summed E-state index contributed by atoms with van der Waals surface area (Å²) in [5.41, 5.74) is 12.6. The Labute approximate surface area is 276 Å². The van der Waals surface area contributed by atoms with Crippen molar-refractivity contribution < 1.29 is 4.74 Å². The van der Waals surface area contributed by atoms with Gasteiger partial charge in [0.05, 0.1) is 0 Å². The summed E-state index contributed by atoms with van der Waals surface area (Å²) in [5, 5.41) is 2.39. The Hall–Kier alpha value is -5.66. The van der Waals surface area contributed by atoms with Crippen LogP contribution >= 0.6 is 0 Å². The summed E-state index contributed by atoms with van der Waals surface area (Å²) < 4.78 is 7.46. The van der Waals surface area contributed by atoms with Crippen molar-refractivity contribution in [2.45, 2.75) is 24.9 Å². The number of ether oxygens (including phenoxy) is 1. The third-order valence-electron chi connectivity index (χ3n) is 10.3. The first-order valence-corrected chi connectivity index (χ1v) is 16.4. The Kier molecular flexibility index (Phi) is 6.14. The summed E-state index contributed by atoms with van der Waals surface area (Å²) in [7, 11) is 0. The maximum atomic E-state index is 7.46. The molecular weight excluding hydrogens is 569 g/mol. The monoisotopic (exact) mass is 602 g/mol. The summed E-state index contributed by atoms with van der Waals surface area (Å²) in [6, 6.07) is 56.6. The molecule has 9 rings (SSSR count). The van der Waals surface area contributed by atoms with Gasteiger partial charge in [0.1, 0.15) is 5.75 Å². The molecule has 1 aliphatic heterocycles. The molecule has 0 spiro atoms. The lowest BCUT2D eigenvalue weighted by Crippen LogP contribution is -2.35. The lowest BCUT2D eigenvalue weighted by Gasteiger charge is -2.38. The molecule has 0 radical (unpaired) electrons. The van der Waals surface area contributed by atoms with E-state index in [2.05, 4.69) is 184 Å². The quantitative estimate of drug-likeness (QED) is 0.195. The van der Waals surface area contributed by atoms with Crippen molar-refractivity contribution in [3.63, 3.8) is 0 Å². The number of hydrogen-bond acceptors (Lipinski definition) is 1. The molecule has 1 aliphatic carbocycles. The number of hydrogen-bond donors (Lipinski definition) is 0. The van der Waals surface area contributed by atoms with Gasteiger partial charge in [-0.3, -0.25) is 0 Å². The topological polar surface area (TPSA) is 9.23 Å². The fourth-order valence-electron chi connectivity index (χ4n) is 7.98. The average Bonchev–Trinajstić information content (AvgIpc) is 3.39. The molecule has 0 saturated carbocycles. The van der Waals surface area contributed by atoms with E-state index in [9.17, 15) is 0 Å². The molecular formula is C46H34O. The summed E-state index contributed by atoms with van der Waals surface area (Å²) in [4.78, 5) is 0. The molecule has 0 aromatic heterocycles. The van der Waals surface area contributed by atoms with Crippen LogP contribution in [0.1, 0.15) is 41.7 Å². The highest BCUT2D eigenvalue weighted by atomic mass is 16.5. The zero-order valence-electron chi connectivity index (χ0n) is 26.6. The molecule has 0 amide bonds. The van der Waals surface area contributed by atoms with Gasteiger partial charge < -0.3 is 4.74 Å². The molecule has 1 heterocycles. The van der Waals surface area contributed by atoms with Crippen LogP contribution in [-0.2, 0) is 11.0 Å². The van der Waals surface area contributed by atoms with Gasteiger partial charge in [-0.15, -0.1) is 0 Å². The van der Waals surface area contributed by atoms with Crippen molar-refractivity contribution in [2.24, 2.45) is 0 Å². The van der Waals surface area contributed by atoms with E-state index in [-0.39, 0.29) is 5.41 Å². The lowest BCUT2D eigenvalue weighted by molar-refractivity contribution is 0.163. The molecule has 2 aliphatic rings. The van der Waals surface area contributed by atoms with Crippen LogP contribution in [0, 0.1) is 0 Å². The second-order valence-electron chi connectivity index (χ2n) is 13.3. The SMILES string of the molecule is CC1(C)c2ccccc2-c2c1c1c(c3ccccc23)OC(c2ccccc2)(c2ccc(-c3cccc(-c4ccccc4)c3)cc2)C=C1. The zero-order chi connectivity index (χ0) is 31.6. The Morgan fingerprint density at radius 3 is 1.81 bits per heavy atom. The van der Waals surface area contributed by atoms with E-state index >= 15 is 0 Å². The van der Waals surface area contributed by atoms with Crippen LogP contribution in [0.5, 0.6) is 5.75 Å². The van der Waals surface area contributed by atoms with E-state index in [0.717, 1.165) is 22.3 Å². The van der Waals surface area contributed by atoms with E-state index in [1.165, 1.54) is 55.5 Å². The van der Waals surface area contributed by atoms with E-state index < -0.39 is 5.60 Å². The van der Waals surface area contributed by atoms with E-state index in [0.29, 0.717) is 0 Å². The standard InChI is InChI=1S/C46H34O/c1-45(2)41-23-12-11-22-39(41)42-37-20-9-10-21-38(37)44-40(43(42)45)28-29-46(47-44,35-18-7-4-8-19-35)36-26-24-32(25-27-36)34-17-13-16-33(30-34)31-14-5-3-6-15-31/h3-30H,1-2H3. The van der Waals surface area contributed by atoms with Crippen LogP contribution in [0.25, 0.3) is 50.2 Å². The number of fused-ring (bicyclic) bond motifs is 8. The Morgan fingerprint density at radius 1 is 0.489 bits per heavy atom. The van der Waals surface area contributed by atoms with Crippen LogP contribution in [0.3, 0.4) is 0 Å². The minimum Gasteiger partial charge on any atom is -0.472 e. The number of rotatable bonds is 4. The molecule has 1 heteroatoms. The number of benzene rings is 7. The summed E-state index contributed by atoms with van der Waals surface area (Å²) >= 11 is 0. The molecule has 7 aromatic rings. The van der Waals surface area contributed by atoms with Crippen molar-refractivity contribution in [3.8, 4) is 39.1 Å². The fraction of sp³-hybridized carbons (Fsp3) is 0.0870. The molecule has 7 aromatic carbocycles. The van der Waals surface area contributed by atoms with Gasteiger partial charge in [-0.1, -0.05) is 172 Å². The molecule has 0 fully saturated rings. The highest BCUT2D eigenvalue weighted by molar-refractivity contribution is 6.08. The summed E-state index contributed by atoms with van der Waals surface area (Å²) in [5.74, 6) is 0.950. The molecule has 0 saturated heterocycles. The second-order valence-corrected chi connectivity index (χ2v) is 13.3.